The summed E-state index contributed by atoms with van der Waals surface area (Å²) in [4.78, 5) is 23.9. The number of rotatable bonds is 6. The number of amides is 1. The van der Waals surface area contributed by atoms with Gasteiger partial charge in [0.15, 0.2) is 6.10 Å². The monoisotopic (exact) mass is 368 g/mol. The topological polar surface area (TPSA) is 138 Å². The molecular weight excluding hydrogens is 352 g/mol. The maximum atomic E-state index is 12.0. The summed E-state index contributed by atoms with van der Waals surface area (Å²) in [7, 11) is -2.55. The van der Waals surface area contributed by atoms with E-state index in [0.29, 0.717) is 11.4 Å². The molecule has 9 nitrogen and oxygen atoms in total. The van der Waals surface area contributed by atoms with E-state index in [1.165, 1.54) is 14.0 Å². The molecule has 1 atom stereocenters. The van der Waals surface area contributed by atoms with Crippen LogP contribution in [0.3, 0.4) is 0 Å². The lowest BCUT2D eigenvalue weighted by atomic mass is 10.3. The summed E-state index contributed by atoms with van der Waals surface area (Å²) in [6.45, 7) is 1.36. The van der Waals surface area contributed by atoms with Gasteiger partial charge >= 0.3 is 5.97 Å². The van der Waals surface area contributed by atoms with Gasteiger partial charge in [0, 0.05) is 5.69 Å². The summed E-state index contributed by atoms with van der Waals surface area (Å²) in [6.07, 6.45) is -1.14. The molecule has 0 aliphatic rings. The van der Waals surface area contributed by atoms with E-state index in [0.717, 1.165) is 12.1 Å². The van der Waals surface area contributed by atoms with Crippen LogP contribution in [0.25, 0.3) is 0 Å². The Kier molecular flexibility index (Phi) is 5.45. The molecule has 2 aromatic rings. The Bertz CT molecular complexity index is 872. The Hall–Kier alpha value is -2.85. The molecule has 10 heteroatoms. The second-order valence-corrected chi connectivity index (χ2v) is 6.42. The number of hydrogen-bond donors (Lipinski definition) is 2. The summed E-state index contributed by atoms with van der Waals surface area (Å²) >= 11 is 0. The van der Waals surface area contributed by atoms with Gasteiger partial charge in [0.25, 0.3) is 15.9 Å². The number of carbonyl (C=O) groups excluding carboxylic acids is 2. The van der Waals surface area contributed by atoms with Crippen LogP contribution in [0.15, 0.2) is 45.9 Å². The van der Waals surface area contributed by atoms with Crippen molar-refractivity contribution >= 4 is 27.6 Å². The van der Waals surface area contributed by atoms with Gasteiger partial charge in [-0.15, -0.1) is 0 Å². The summed E-state index contributed by atoms with van der Waals surface area (Å²) < 4.78 is 37.0. The molecule has 0 bridgehead atoms. The molecule has 0 spiro atoms. The number of furan rings is 1. The van der Waals surface area contributed by atoms with Gasteiger partial charge in [-0.1, -0.05) is 0 Å². The first kappa shape index (κ1) is 18.5. The first-order valence-electron chi connectivity index (χ1n) is 6.99. The minimum absolute atomic E-state index is 0.381. The highest BCUT2D eigenvalue weighted by atomic mass is 32.2. The van der Waals surface area contributed by atoms with E-state index in [2.05, 4.69) is 5.32 Å². The molecule has 134 valence electrons. The molecule has 1 aromatic heterocycles. The molecule has 3 N–H and O–H groups in total. The molecule has 1 heterocycles. The quantitative estimate of drug-likeness (QED) is 0.729. The van der Waals surface area contributed by atoms with Gasteiger partial charge in [-0.2, -0.15) is 0 Å². The SMILES string of the molecule is COc1ccc(NC(=O)C(C)OC(=O)c2ccc(S(N)(=O)=O)o2)cc1. The fourth-order valence-electron chi connectivity index (χ4n) is 1.77. The Morgan fingerprint density at radius 3 is 2.32 bits per heavy atom. The van der Waals surface area contributed by atoms with Crippen LogP contribution in [0.4, 0.5) is 5.69 Å². The van der Waals surface area contributed by atoms with Crippen molar-refractivity contribution in [3.8, 4) is 5.75 Å². The fraction of sp³-hybridized carbons (Fsp3) is 0.200. The molecular formula is C15H16N2O7S. The van der Waals surface area contributed by atoms with Crippen LogP contribution in [0.5, 0.6) is 5.75 Å². The van der Waals surface area contributed by atoms with Crippen LogP contribution in [-0.4, -0.2) is 33.5 Å². The largest absolute Gasteiger partial charge is 0.497 e. The van der Waals surface area contributed by atoms with Crippen LogP contribution < -0.4 is 15.2 Å². The van der Waals surface area contributed by atoms with Crippen LogP contribution in [0.2, 0.25) is 0 Å². The van der Waals surface area contributed by atoms with E-state index in [9.17, 15) is 18.0 Å². The summed E-state index contributed by atoms with van der Waals surface area (Å²) in [5, 5.41) is 6.87. The zero-order valence-electron chi connectivity index (χ0n) is 13.4. The number of esters is 1. The molecule has 1 amide bonds. The Labute approximate surface area is 143 Å². The number of anilines is 1. The normalized spacial score (nSPS) is 12.3. The van der Waals surface area contributed by atoms with E-state index < -0.39 is 33.1 Å². The van der Waals surface area contributed by atoms with Gasteiger partial charge in [0.05, 0.1) is 7.11 Å². The third-order valence-corrected chi connectivity index (χ3v) is 3.85. The molecule has 1 aromatic carbocycles. The van der Waals surface area contributed by atoms with E-state index in [1.54, 1.807) is 24.3 Å². The van der Waals surface area contributed by atoms with Crippen molar-refractivity contribution in [1.82, 2.24) is 0 Å². The van der Waals surface area contributed by atoms with Crippen molar-refractivity contribution in [2.75, 3.05) is 12.4 Å². The zero-order valence-corrected chi connectivity index (χ0v) is 14.2. The molecule has 0 aliphatic heterocycles. The number of methoxy groups -OCH3 is 1. The second kappa shape index (κ2) is 7.36. The third-order valence-electron chi connectivity index (χ3n) is 3.07. The van der Waals surface area contributed by atoms with Crippen molar-refractivity contribution in [2.24, 2.45) is 5.14 Å². The van der Waals surface area contributed by atoms with Gasteiger partial charge in [-0.25, -0.2) is 18.4 Å². The van der Waals surface area contributed by atoms with Crippen molar-refractivity contribution in [3.63, 3.8) is 0 Å². The van der Waals surface area contributed by atoms with E-state index in [4.69, 9.17) is 19.0 Å². The molecule has 25 heavy (non-hydrogen) atoms. The van der Waals surface area contributed by atoms with E-state index in [1.807, 2.05) is 0 Å². The summed E-state index contributed by atoms with van der Waals surface area (Å²) in [5.74, 6) is -1.32. The lowest BCUT2D eigenvalue weighted by molar-refractivity contribution is -0.123. The predicted molar refractivity (Wildman–Crippen MR) is 86.6 cm³/mol. The molecule has 0 radical (unpaired) electrons. The number of hydrogen-bond acceptors (Lipinski definition) is 7. The van der Waals surface area contributed by atoms with Gasteiger partial charge in [0.1, 0.15) is 5.75 Å². The van der Waals surface area contributed by atoms with E-state index >= 15 is 0 Å². The van der Waals surface area contributed by atoms with Crippen molar-refractivity contribution in [1.29, 1.82) is 0 Å². The number of carbonyl (C=O) groups is 2. The molecule has 2 rings (SSSR count). The molecule has 1 unspecified atom stereocenters. The molecule has 0 aliphatic carbocycles. The minimum atomic E-state index is -4.07. The first-order valence-corrected chi connectivity index (χ1v) is 8.54. The lowest BCUT2D eigenvalue weighted by Crippen LogP contribution is -2.29. The molecule has 0 saturated carbocycles. The van der Waals surface area contributed by atoms with Crippen molar-refractivity contribution < 1.29 is 31.9 Å². The smallest absolute Gasteiger partial charge is 0.375 e. The lowest BCUT2D eigenvalue weighted by Gasteiger charge is -2.13. The second-order valence-electron chi connectivity index (χ2n) is 4.93. The van der Waals surface area contributed by atoms with Gasteiger partial charge in [0.2, 0.25) is 10.9 Å². The van der Waals surface area contributed by atoms with Crippen LogP contribution in [0, 0.1) is 0 Å². The summed E-state index contributed by atoms with van der Waals surface area (Å²) in [6, 6.07) is 8.67. The maximum Gasteiger partial charge on any atom is 0.375 e. The van der Waals surface area contributed by atoms with E-state index in [-0.39, 0.29) is 5.76 Å². The highest BCUT2D eigenvalue weighted by Gasteiger charge is 2.23. The number of primary sulfonamides is 1. The van der Waals surface area contributed by atoms with Crippen molar-refractivity contribution in [2.45, 2.75) is 18.1 Å². The number of benzene rings is 1. The predicted octanol–water partition coefficient (Wildman–Crippen LogP) is 1.12. The molecule has 0 saturated heterocycles. The Morgan fingerprint density at radius 1 is 1.16 bits per heavy atom. The number of nitrogens with two attached hydrogens (primary N) is 1. The van der Waals surface area contributed by atoms with Crippen LogP contribution >= 0.6 is 0 Å². The van der Waals surface area contributed by atoms with Gasteiger partial charge < -0.3 is 19.2 Å². The minimum Gasteiger partial charge on any atom is -0.497 e. The van der Waals surface area contributed by atoms with Gasteiger partial charge in [-0.05, 0) is 43.3 Å². The van der Waals surface area contributed by atoms with Gasteiger partial charge in [-0.3, -0.25) is 4.79 Å². The Balaban J connectivity index is 1.97. The maximum absolute atomic E-state index is 12.0. The standard InChI is InChI=1S/C15H16N2O7S/c1-9(14(18)17-10-3-5-11(22-2)6-4-10)23-15(19)12-7-8-13(24-12)25(16,20)21/h3-9H,1-2H3,(H,17,18)(H2,16,20,21). The highest BCUT2D eigenvalue weighted by Crippen LogP contribution is 2.16. The fourth-order valence-corrected chi connectivity index (χ4v) is 2.24. The van der Waals surface area contributed by atoms with Crippen LogP contribution in [0.1, 0.15) is 17.5 Å². The number of sulfonamides is 1. The average molecular weight is 368 g/mol. The van der Waals surface area contributed by atoms with Crippen molar-refractivity contribution in [3.05, 3.63) is 42.2 Å². The average Bonchev–Trinajstić information content (AvgIpc) is 3.06. The van der Waals surface area contributed by atoms with Crippen LogP contribution in [-0.2, 0) is 19.6 Å². The molecule has 0 fully saturated rings. The number of nitrogens with one attached hydrogen (secondary N) is 1. The summed E-state index contributed by atoms with van der Waals surface area (Å²) in [5.41, 5.74) is 0.489. The third kappa shape index (κ3) is 4.81. The zero-order chi connectivity index (χ0) is 18.6. The highest BCUT2D eigenvalue weighted by molar-refractivity contribution is 7.89. The Morgan fingerprint density at radius 2 is 1.80 bits per heavy atom. The first-order chi connectivity index (χ1) is 11.7. The number of ether oxygens (including phenoxy) is 2.